The number of hydrogen-bond acceptors (Lipinski definition) is 5. The Morgan fingerprint density at radius 3 is 2.61 bits per heavy atom. The van der Waals surface area contributed by atoms with Crippen molar-refractivity contribution in [3.63, 3.8) is 0 Å². The SMILES string of the molecule is CCOc1ncccc1C(=O)O[C@@H](C)C(=O)Nc1ccccc1. The Bertz CT molecular complexity index is 673. The maximum Gasteiger partial charge on any atom is 0.344 e. The lowest BCUT2D eigenvalue weighted by atomic mass is 10.2. The number of anilines is 1. The Kier molecular flexibility index (Phi) is 5.68. The topological polar surface area (TPSA) is 77.5 Å². The van der Waals surface area contributed by atoms with E-state index in [2.05, 4.69) is 10.3 Å². The van der Waals surface area contributed by atoms with Crippen molar-refractivity contribution in [1.82, 2.24) is 4.98 Å². The first-order chi connectivity index (χ1) is 11.1. The Morgan fingerprint density at radius 2 is 1.91 bits per heavy atom. The summed E-state index contributed by atoms with van der Waals surface area (Å²) in [5.74, 6) is -0.876. The molecule has 23 heavy (non-hydrogen) atoms. The number of amides is 1. The summed E-state index contributed by atoms with van der Waals surface area (Å²) in [6, 6.07) is 12.1. The maximum absolute atomic E-state index is 12.2. The van der Waals surface area contributed by atoms with Gasteiger partial charge in [-0.25, -0.2) is 9.78 Å². The van der Waals surface area contributed by atoms with Crippen molar-refractivity contribution in [3.05, 3.63) is 54.2 Å². The molecule has 0 aliphatic heterocycles. The molecule has 0 aliphatic carbocycles. The molecule has 1 atom stereocenters. The van der Waals surface area contributed by atoms with Gasteiger partial charge in [0.1, 0.15) is 5.56 Å². The number of pyridine rings is 1. The minimum absolute atomic E-state index is 0.189. The second-order valence-electron chi connectivity index (χ2n) is 4.69. The first kappa shape index (κ1) is 16.5. The average molecular weight is 314 g/mol. The summed E-state index contributed by atoms with van der Waals surface area (Å²) in [4.78, 5) is 28.2. The first-order valence-corrected chi connectivity index (χ1v) is 7.26. The van der Waals surface area contributed by atoms with E-state index in [4.69, 9.17) is 9.47 Å². The third-order valence-electron chi connectivity index (χ3n) is 2.97. The van der Waals surface area contributed by atoms with E-state index in [1.54, 1.807) is 43.3 Å². The number of carbonyl (C=O) groups excluding carboxylic acids is 2. The number of rotatable bonds is 6. The fourth-order valence-electron chi connectivity index (χ4n) is 1.84. The predicted octanol–water partition coefficient (Wildman–Crippen LogP) is 2.66. The molecule has 1 heterocycles. The van der Waals surface area contributed by atoms with Gasteiger partial charge in [0.2, 0.25) is 5.88 Å². The van der Waals surface area contributed by atoms with Gasteiger partial charge in [-0.15, -0.1) is 0 Å². The fourth-order valence-corrected chi connectivity index (χ4v) is 1.84. The largest absolute Gasteiger partial charge is 0.477 e. The average Bonchev–Trinajstić information content (AvgIpc) is 2.56. The van der Waals surface area contributed by atoms with Gasteiger partial charge < -0.3 is 14.8 Å². The molecule has 0 aliphatic rings. The lowest BCUT2D eigenvalue weighted by molar-refractivity contribution is -0.123. The summed E-state index contributed by atoms with van der Waals surface area (Å²) in [5, 5.41) is 2.68. The van der Waals surface area contributed by atoms with Gasteiger partial charge in [-0.05, 0) is 38.1 Å². The minimum atomic E-state index is -0.947. The van der Waals surface area contributed by atoms with Gasteiger partial charge in [0.15, 0.2) is 6.10 Å². The summed E-state index contributed by atoms with van der Waals surface area (Å²) in [6.45, 7) is 3.67. The number of hydrogen-bond donors (Lipinski definition) is 1. The van der Waals surface area contributed by atoms with E-state index in [-0.39, 0.29) is 11.4 Å². The van der Waals surface area contributed by atoms with Gasteiger partial charge in [-0.3, -0.25) is 4.79 Å². The lowest BCUT2D eigenvalue weighted by Crippen LogP contribution is -2.30. The van der Waals surface area contributed by atoms with Crippen LogP contribution in [-0.4, -0.2) is 29.6 Å². The van der Waals surface area contributed by atoms with Gasteiger partial charge in [0, 0.05) is 11.9 Å². The molecular formula is C17H18N2O4. The van der Waals surface area contributed by atoms with Gasteiger partial charge >= 0.3 is 5.97 Å². The Balaban J connectivity index is 2.01. The highest BCUT2D eigenvalue weighted by molar-refractivity contribution is 5.98. The van der Waals surface area contributed by atoms with Crippen molar-refractivity contribution < 1.29 is 19.1 Å². The molecule has 0 fully saturated rings. The van der Waals surface area contributed by atoms with E-state index in [9.17, 15) is 9.59 Å². The lowest BCUT2D eigenvalue weighted by Gasteiger charge is -2.14. The standard InChI is InChI=1S/C17H18N2O4/c1-3-22-16-14(10-7-11-18-16)17(21)23-12(2)15(20)19-13-8-5-4-6-9-13/h4-12H,3H2,1-2H3,(H,19,20)/t12-/m0/s1. The number of nitrogens with zero attached hydrogens (tertiary/aromatic N) is 1. The molecule has 1 aromatic carbocycles. The number of carbonyl (C=O) groups is 2. The molecule has 1 amide bonds. The van der Waals surface area contributed by atoms with Crippen LogP contribution in [0.15, 0.2) is 48.7 Å². The fraction of sp³-hybridized carbons (Fsp3) is 0.235. The highest BCUT2D eigenvalue weighted by Crippen LogP contribution is 2.16. The molecule has 0 spiro atoms. The van der Waals surface area contributed by atoms with Gasteiger partial charge in [-0.2, -0.15) is 0 Å². The van der Waals surface area contributed by atoms with Crippen molar-refractivity contribution in [1.29, 1.82) is 0 Å². The zero-order chi connectivity index (χ0) is 16.7. The Morgan fingerprint density at radius 1 is 1.17 bits per heavy atom. The summed E-state index contributed by atoms with van der Waals surface area (Å²) in [6.07, 6.45) is 0.574. The van der Waals surface area contributed by atoms with E-state index in [1.165, 1.54) is 13.1 Å². The molecule has 0 saturated heterocycles. The zero-order valence-corrected chi connectivity index (χ0v) is 13.0. The normalized spacial score (nSPS) is 11.4. The number of para-hydroxylation sites is 1. The molecule has 2 rings (SSSR count). The third kappa shape index (κ3) is 4.54. The molecule has 1 aromatic heterocycles. The van der Waals surface area contributed by atoms with E-state index in [1.807, 2.05) is 6.07 Å². The van der Waals surface area contributed by atoms with Crippen LogP contribution in [0.5, 0.6) is 5.88 Å². The van der Waals surface area contributed by atoms with Crippen molar-refractivity contribution in [2.45, 2.75) is 20.0 Å². The molecule has 6 nitrogen and oxygen atoms in total. The quantitative estimate of drug-likeness (QED) is 0.829. The number of ether oxygens (including phenoxy) is 2. The first-order valence-electron chi connectivity index (χ1n) is 7.26. The number of aromatic nitrogens is 1. The molecule has 6 heteroatoms. The molecule has 0 unspecified atom stereocenters. The molecule has 0 saturated carbocycles. The Labute approximate surface area is 134 Å². The van der Waals surface area contributed by atoms with Crippen LogP contribution in [0, 0.1) is 0 Å². The summed E-state index contributed by atoms with van der Waals surface area (Å²) in [7, 11) is 0. The van der Waals surface area contributed by atoms with Crippen molar-refractivity contribution >= 4 is 17.6 Å². The third-order valence-corrected chi connectivity index (χ3v) is 2.97. The zero-order valence-electron chi connectivity index (χ0n) is 13.0. The van der Waals surface area contributed by atoms with E-state index >= 15 is 0 Å². The summed E-state index contributed by atoms with van der Waals surface area (Å²) < 4.78 is 10.5. The van der Waals surface area contributed by atoms with Crippen LogP contribution in [0.1, 0.15) is 24.2 Å². The summed E-state index contributed by atoms with van der Waals surface area (Å²) >= 11 is 0. The van der Waals surface area contributed by atoms with E-state index in [0.717, 1.165) is 0 Å². The van der Waals surface area contributed by atoms with Crippen LogP contribution in [0.3, 0.4) is 0 Å². The van der Waals surface area contributed by atoms with Crippen LogP contribution < -0.4 is 10.1 Å². The van der Waals surface area contributed by atoms with E-state index in [0.29, 0.717) is 12.3 Å². The number of benzene rings is 1. The predicted molar refractivity (Wildman–Crippen MR) is 85.4 cm³/mol. The second kappa shape index (κ2) is 7.93. The highest BCUT2D eigenvalue weighted by Gasteiger charge is 2.22. The molecule has 120 valence electrons. The second-order valence-corrected chi connectivity index (χ2v) is 4.69. The van der Waals surface area contributed by atoms with Crippen LogP contribution in [0.2, 0.25) is 0 Å². The van der Waals surface area contributed by atoms with Crippen LogP contribution >= 0.6 is 0 Å². The number of nitrogens with one attached hydrogen (secondary N) is 1. The smallest absolute Gasteiger partial charge is 0.344 e. The van der Waals surface area contributed by atoms with Crippen molar-refractivity contribution in [2.75, 3.05) is 11.9 Å². The van der Waals surface area contributed by atoms with Crippen molar-refractivity contribution in [2.24, 2.45) is 0 Å². The van der Waals surface area contributed by atoms with Crippen molar-refractivity contribution in [3.8, 4) is 5.88 Å². The summed E-state index contributed by atoms with van der Waals surface area (Å²) in [5.41, 5.74) is 0.825. The molecule has 1 N–H and O–H groups in total. The maximum atomic E-state index is 12.2. The highest BCUT2D eigenvalue weighted by atomic mass is 16.5. The monoisotopic (exact) mass is 314 g/mol. The minimum Gasteiger partial charge on any atom is -0.477 e. The van der Waals surface area contributed by atoms with Gasteiger partial charge in [0.05, 0.1) is 6.61 Å². The molecule has 0 radical (unpaired) electrons. The molecular weight excluding hydrogens is 296 g/mol. The van der Waals surface area contributed by atoms with Crippen LogP contribution in [0.25, 0.3) is 0 Å². The molecule has 2 aromatic rings. The van der Waals surface area contributed by atoms with E-state index < -0.39 is 18.0 Å². The van der Waals surface area contributed by atoms with Gasteiger partial charge in [-0.1, -0.05) is 18.2 Å². The molecule has 0 bridgehead atoms. The van der Waals surface area contributed by atoms with Crippen LogP contribution in [-0.2, 0) is 9.53 Å². The number of esters is 1. The van der Waals surface area contributed by atoms with Gasteiger partial charge in [0.25, 0.3) is 5.91 Å². The van der Waals surface area contributed by atoms with Crippen LogP contribution in [0.4, 0.5) is 5.69 Å². The Hall–Kier alpha value is -2.89.